The first-order chi connectivity index (χ1) is 15.3. The highest BCUT2D eigenvalue weighted by Gasteiger charge is 2.42. The molecule has 0 bridgehead atoms. The summed E-state index contributed by atoms with van der Waals surface area (Å²) >= 11 is 5.85. The van der Waals surface area contributed by atoms with Crippen molar-refractivity contribution in [3.63, 3.8) is 0 Å². The molecule has 0 amide bonds. The van der Waals surface area contributed by atoms with Crippen molar-refractivity contribution in [1.29, 1.82) is 0 Å². The summed E-state index contributed by atoms with van der Waals surface area (Å²) in [4.78, 5) is 6.88. The summed E-state index contributed by atoms with van der Waals surface area (Å²) in [5, 5.41) is 4.26. The van der Waals surface area contributed by atoms with Crippen LogP contribution in [0, 0.1) is 0 Å². The van der Waals surface area contributed by atoms with Gasteiger partial charge in [0.05, 0.1) is 11.7 Å². The van der Waals surface area contributed by atoms with Crippen LogP contribution < -0.4 is 10.2 Å². The fraction of sp³-hybridized carbons (Fsp3) is 0.154. The molecular formula is C26H24N4S. The van der Waals surface area contributed by atoms with Gasteiger partial charge in [-0.2, -0.15) is 0 Å². The number of pyridine rings is 1. The number of nitrogens with one attached hydrogen (secondary N) is 1. The van der Waals surface area contributed by atoms with Crippen LogP contribution in [0.3, 0.4) is 0 Å². The molecule has 1 aliphatic heterocycles. The number of aromatic nitrogens is 2. The van der Waals surface area contributed by atoms with Crippen molar-refractivity contribution in [2.75, 3.05) is 4.90 Å². The van der Waals surface area contributed by atoms with Gasteiger partial charge in [0.15, 0.2) is 5.11 Å². The molecule has 0 radical (unpaired) electrons. The molecule has 1 aliphatic rings. The molecule has 5 rings (SSSR count). The van der Waals surface area contributed by atoms with Crippen molar-refractivity contribution in [1.82, 2.24) is 14.9 Å². The van der Waals surface area contributed by atoms with Crippen LogP contribution in [0.2, 0.25) is 0 Å². The van der Waals surface area contributed by atoms with Gasteiger partial charge in [-0.1, -0.05) is 43.3 Å². The van der Waals surface area contributed by atoms with Crippen molar-refractivity contribution >= 4 is 23.0 Å². The average Bonchev–Trinajstić information content (AvgIpc) is 3.44. The van der Waals surface area contributed by atoms with Gasteiger partial charge in [-0.3, -0.25) is 4.98 Å². The number of nitrogens with zero attached hydrogens (tertiary/aromatic N) is 3. The molecule has 31 heavy (non-hydrogen) atoms. The third-order valence-corrected chi connectivity index (χ3v) is 6.15. The van der Waals surface area contributed by atoms with Crippen LogP contribution in [-0.4, -0.2) is 14.7 Å². The van der Waals surface area contributed by atoms with Gasteiger partial charge in [0.25, 0.3) is 0 Å². The average molecular weight is 425 g/mol. The second-order valence-corrected chi connectivity index (χ2v) is 8.04. The molecule has 2 atom stereocenters. The summed E-state index contributed by atoms with van der Waals surface area (Å²) < 4.78 is 2.24. The van der Waals surface area contributed by atoms with Crippen molar-refractivity contribution in [2.24, 2.45) is 0 Å². The SMILES string of the molecule is CCc1ccc(N2C(=S)N[C@@H](c3ccccn3)[C@@H]2c2cccn2-c2ccccc2)cc1. The van der Waals surface area contributed by atoms with Gasteiger partial charge in [-0.25, -0.2) is 0 Å². The largest absolute Gasteiger partial charge is 0.351 e. The van der Waals surface area contributed by atoms with E-state index in [1.165, 1.54) is 5.56 Å². The minimum absolute atomic E-state index is 0.0370. The Hall–Kier alpha value is -3.44. The Balaban J connectivity index is 1.65. The van der Waals surface area contributed by atoms with Crippen molar-refractivity contribution in [3.8, 4) is 5.69 Å². The number of thiocarbonyl (C=S) groups is 1. The molecule has 2 aromatic heterocycles. The third kappa shape index (κ3) is 3.62. The Bertz CT molecular complexity index is 1170. The second-order valence-electron chi connectivity index (χ2n) is 7.66. The van der Waals surface area contributed by atoms with Crippen molar-refractivity contribution in [2.45, 2.75) is 25.4 Å². The van der Waals surface area contributed by atoms with E-state index in [0.29, 0.717) is 5.11 Å². The van der Waals surface area contributed by atoms with Gasteiger partial charge in [0.1, 0.15) is 6.04 Å². The van der Waals surface area contributed by atoms with E-state index in [1.807, 2.05) is 24.4 Å². The molecule has 0 aliphatic carbocycles. The maximum atomic E-state index is 5.85. The van der Waals surface area contributed by atoms with Crippen LogP contribution >= 0.6 is 12.2 Å². The van der Waals surface area contributed by atoms with Crippen LogP contribution in [-0.2, 0) is 6.42 Å². The Morgan fingerprint density at radius 1 is 0.871 bits per heavy atom. The standard InChI is InChI=1S/C26H24N4S/c1-2-19-13-15-21(16-14-19)30-25(24(28-26(30)31)22-11-6-7-17-27-22)23-12-8-18-29(23)20-9-4-3-5-10-20/h3-18,24-25H,2H2,1H3,(H,28,31)/t24-,25-/m0/s1. The molecule has 0 saturated carbocycles. The molecule has 2 aromatic carbocycles. The van der Waals surface area contributed by atoms with Gasteiger partial charge in [0.2, 0.25) is 0 Å². The fourth-order valence-electron chi connectivity index (χ4n) is 4.28. The predicted molar refractivity (Wildman–Crippen MR) is 130 cm³/mol. The molecule has 154 valence electrons. The number of hydrogen-bond donors (Lipinski definition) is 1. The first kappa shape index (κ1) is 19.5. The number of aryl methyl sites for hydroxylation is 1. The van der Waals surface area contributed by atoms with Gasteiger partial charge >= 0.3 is 0 Å². The van der Waals surface area contributed by atoms with E-state index in [4.69, 9.17) is 12.2 Å². The molecule has 4 nitrogen and oxygen atoms in total. The maximum absolute atomic E-state index is 5.85. The second kappa shape index (κ2) is 8.36. The zero-order valence-electron chi connectivity index (χ0n) is 17.3. The lowest BCUT2D eigenvalue weighted by Gasteiger charge is -2.29. The minimum Gasteiger partial charge on any atom is -0.351 e. The van der Waals surface area contributed by atoms with Crippen LogP contribution in [0.1, 0.15) is 36.0 Å². The summed E-state index contributed by atoms with van der Waals surface area (Å²) in [6.07, 6.45) is 4.96. The summed E-state index contributed by atoms with van der Waals surface area (Å²) in [5.74, 6) is 0. The number of hydrogen-bond acceptors (Lipinski definition) is 2. The zero-order chi connectivity index (χ0) is 21.2. The number of para-hydroxylation sites is 1. The number of benzene rings is 2. The normalized spacial score (nSPS) is 18.2. The van der Waals surface area contributed by atoms with Gasteiger partial charge in [0, 0.05) is 29.5 Å². The fourth-order valence-corrected chi connectivity index (χ4v) is 4.63. The molecule has 5 heteroatoms. The van der Waals surface area contributed by atoms with Crippen LogP contribution in [0.25, 0.3) is 5.69 Å². The van der Waals surface area contributed by atoms with E-state index in [1.54, 1.807) is 0 Å². The molecular weight excluding hydrogens is 400 g/mol. The Morgan fingerprint density at radius 2 is 1.65 bits per heavy atom. The lowest BCUT2D eigenvalue weighted by Crippen LogP contribution is -2.30. The lowest BCUT2D eigenvalue weighted by atomic mass is 10.0. The molecule has 4 aromatic rings. The van der Waals surface area contributed by atoms with E-state index in [9.17, 15) is 0 Å². The summed E-state index contributed by atoms with van der Waals surface area (Å²) in [7, 11) is 0. The van der Waals surface area contributed by atoms with Crippen LogP contribution in [0.4, 0.5) is 5.69 Å². The Labute approximate surface area is 188 Å². The van der Waals surface area contributed by atoms with Gasteiger partial charge in [-0.15, -0.1) is 0 Å². The molecule has 0 unspecified atom stereocenters. The first-order valence-corrected chi connectivity index (χ1v) is 11.0. The predicted octanol–water partition coefficient (Wildman–Crippen LogP) is 5.61. The molecule has 1 N–H and O–H groups in total. The number of anilines is 1. The smallest absolute Gasteiger partial charge is 0.174 e. The van der Waals surface area contributed by atoms with E-state index < -0.39 is 0 Å². The number of rotatable bonds is 5. The Morgan fingerprint density at radius 3 is 2.35 bits per heavy atom. The van der Waals surface area contributed by atoms with E-state index in [2.05, 4.69) is 99.6 Å². The van der Waals surface area contributed by atoms with Gasteiger partial charge in [-0.05, 0) is 72.7 Å². The van der Waals surface area contributed by atoms with Crippen molar-refractivity contribution < 1.29 is 0 Å². The maximum Gasteiger partial charge on any atom is 0.174 e. The zero-order valence-corrected chi connectivity index (χ0v) is 18.2. The van der Waals surface area contributed by atoms with Gasteiger partial charge < -0.3 is 14.8 Å². The molecule has 1 fully saturated rings. The molecule has 0 spiro atoms. The van der Waals surface area contributed by atoms with E-state index >= 15 is 0 Å². The summed E-state index contributed by atoms with van der Waals surface area (Å²) in [6, 6.07) is 29.3. The van der Waals surface area contributed by atoms with E-state index in [-0.39, 0.29) is 12.1 Å². The third-order valence-electron chi connectivity index (χ3n) is 5.84. The highest BCUT2D eigenvalue weighted by atomic mass is 32.1. The quantitative estimate of drug-likeness (QED) is 0.422. The molecule has 1 saturated heterocycles. The Kier molecular flexibility index (Phi) is 5.26. The molecule has 3 heterocycles. The summed E-state index contributed by atoms with van der Waals surface area (Å²) in [5.41, 5.74) is 5.66. The summed E-state index contributed by atoms with van der Waals surface area (Å²) in [6.45, 7) is 2.17. The van der Waals surface area contributed by atoms with Crippen LogP contribution in [0.15, 0.2) is 97.3 Å². The highest BCUT2D eigenvalue weighted by Crippen LogP contribution is 2.42. The van der Waals surface area contributed by atoms with Crippen LogP contribution in [0.5, 0.6) is 0 Å². The van der Waals surface area contributed by atoms with E-state index in [0.717, 1.165) is 29.2 Å². The lowest BCUT2D eigenvalue weighted by molar-refractivity contribution is 0.549. The monoisotopic (exact) mass is 424 g/mol. The highest BCUT2D eigenvalue weighted by molar-refractivity contribution is 7.80. The van der Waals surface area contributed by atoms with Crippen molar-refractivity contribution in [3.05, 3.63) is 114 Å². The topological polar surface area (TPSA) is 33.1 Å². The minimum atomic E-state index is -0.0584. The first-order valence-electron chi connectivity index (χ1n) is 10.6.